The number of fused-ring (bicyclic) bond motifs is 1. The summed E-state index contributed by atoms with van der Waals surface area (Å²) in [6.45, 7) is 18.3. The molecule has 1 aliphatic heterocycles. The van der Waals surface area contributed by atoms with E-state index in [4.69, 9.17) is 0 Å². The van der Waals surface area contributed by atoms with Gasteiger partial charge >= 0.3 is 0 Å². The summed E-state index contributed by atoms with van der Waals surface area (Å²) < 4.78 is 0. The molecule has 1 heterocycles. The molecule has 0 bridgehead atoms. The molecule has 2 rings (SSSR count). The van der Waals surface area contributed by atoms with Crippen molar-refractivity contribution in [2.45, 2.75) is 71.8 Å². The molecule has 114 valence electrons. The molecule has 0 saturated carbocycles. The maximum atomic E-state index is 4.19. The summed E-state index contributed by atoms with van der Waals surface area (Å²) in [6, 6.07) is 4.78. The van der Waals surface area contributed by atoms with Crippen LogP contribution in [0.5, 0.6) is 0 Å². The molecular weight excluding hydrogens is 264 g/mol. The van der Waals surface area contributed by atoms with Crippen molar-refractivity contribution in [3.63, 3.8) is 0 Å². The monoisotopic (exact) mass is 294 g/mol. The van der Waals surface area contributed by atoms with Crippen LogP contribution < -0.4 is 10.5 Å². The maximum Gasteiger partial charge on any atom is 0.0589 e. The van der Waals surface area contributed by atoms with Crippen LogP contribution in [0, 0.1) is 0 Å². The number of benzene rings is 1. The number of hydrogen-bond acceptors (Lipinski definition) is 3. The first-order chi connectivity index (χ1) is 8.93. The van der Waals surface area contributed by atoms with Crippen molar-refractivity contribution >= 4 is 18.5 Å². The van der Waals surface area contributed by atoms with E-state index in [1.165, 1.54) is 22.4 Å². The molecule has 0 radical (unpaired) electrons. The van der Waals surface area contributed by atoms with Gasteiger partial charge in [-0.05, 0) is 35.8 Å². The Morgan fingerprint density at radius 3 is 1.80 bits per heavy atom. The van der Waals surface area contributed by atoms with Crippen molar-refractivity contribution in [1.82, 2.24) is 0 Å². The molecule has 1 aromatic rings. The molecule has 0 atom stereocenters. The zero-order valence-corrected chi connectivity index (χ0v) is 15.1. The Morgan fingerprint density at radius 1 is 0.950 bits per heavy atom. The molecule has 0 saturated heterocycles. The molecule has 20 heavy (non-hydrogen) atoms. The van der Waals surface area contributed by atoms with Crippen LogP contribution in [-0.2, 0) is 16.4 Å². The molecule has 1 aromatic carbocycles. The molecule has 3 heteroatoms. The molecule has 0 spiro atoms. The summed E-state index contributed by atoms with van der Waals surface area (Å²) in [5.74, 6) is 0. The van der Waals surface area contributed by atoms with Crippen LogP contribution in [0.4, 0.5) is 5.69 Å². The molecule has 3 N–H and O–H groups in total. The highest BCUT2D eigenvalue weighted by Gasteiger charge is 2.38. The van der Waals surface area contributed by atoms with Crippen molar-refractivity contribution in [2.24, 2.45) is 5.14 Å². The molecule has 0 fully saturated rings. The number of thiol groups is 1. The van der Waals surface area contributed by atoms with Crippen LogP contribution in [0.3, 0.4) is 0 Å². The number of nitrogens with two attached hydrogens (primary N) is 1. The van der Waals surface area contributed by atoms with E-state index in [1.807, 2.05) is 0 Å². The third-order valence-electron chi connectivity index (χ3n) is 3.92. The first-order valence-corrected chi connectivity index (χ1v) is 7.68. The lowest BCUT2D eigenvalue weighted by Gasteiger charge is -2.45. The molecule has 0 aromatic heterocycles. The van der Waals surface area contributed by atoms with E-state index in [2.05, 4.69) is 90.8 Å². The zero-order valence-electron chi connectivity index (χ0n) is 14.2. The van der Waals surface area contributed by atoms with Gasteiger partial charge in [0.25, 0.3) is 0 Å². The van der Waals surface area contributed by atoms with Gasteiger partial charge in [0, 0.05) is 11.3 Å². The quantitative estimate of drug-likeness (QED) is 0.605. The largest absolute Gasteiger partial charge is 0.375 e. The zero-order chi connectivity index (χ0) is 15.9. The Morgan fingerprint density at radius 2 is 1.45 bits per heavy atom. The molecule has 0 unspecified atom stereocenters. The van der Waals surface area contributed by atoms with Crippen LogP contribution in [0.2, 0.25) is 0 Å². The SMILES string of the molecule is CC(C)(C)c1cc(C(C)(C)C)c2c(c1)C(C)(C)N2.NS. The Labute approximate surface area is 130 Å². The number of nitrogens with one attached hydrogen (secondary N) is 1. The highest BCUT2D eigenvalue weighted by molar-refractivity contribution is 7.77. The van der Waals surface area contributed by atoms with E-state index in [0.717, 1.165) is 0 Å². The van der Waals surface area contributed by atoms with Crippen molar-refractivity contribution in [3.05, 3.63) is 28.8 Å². The highest BCUT2D eigenvalue weighted by Crippen LogP contribution is 2.48. The minimum absolute atomic E-state index is 0.122. The molecule has 0 amide bonds. The Kier molecular flexibility index (Phi) is 4.58. The maximum absolute atomic E-state index is 4.19. The number of rotatable bonds is 0. The lowest BCUT2D eigenvalue weighted by molar-refractivity contribution is 0.522. The molecular formula is C17H30N2S. The summed E-state index contributed by atoms with van der Waals surface area (Å²) in [5.41, 5.74) is 6.25. The van der Waals surface area contributed by atoms with Crippen molar-refractivity contribution in [3.8, 4) is 0 Å². The summed E-state index contributed by atoms with van der Waals surface area (Å²) in [7, 11) is 0. The molecule has 2 nitrogen and oxygen atoms in total. The standard InChI is InChI=1S/C17H27N.H3NS/c1-15(2,3)11-9-12(16(4,5)6)14-13(10-11)17(7,8)18-14;1-2/h9-10,18H,1-8H3;2H,1H2. The summed E-state index contributed by atoms with van der Waals surface area (Å²) in [5, 5.41) is 7.81. The second kappa shape index (κ2) is 5.27. The number of anilines is 1. The Hall–Kier alpha value is -0.670. The summed E-state index contributed by atoms with van der Waals surface area (Å²) in [4.78, 5) is 0. The smallest absolute Gasteiger partial charge is 0.0589 e. The summed E-state index contributed by atoms with van der Waals surface area (Å²) in [6.07, 6.45) is 0. The second-order valence-electron chi connectivity index (χ2n) is 8.20. The Balaban J connectivity index is 0.000000956. The fourth-order valence-corrected chi connectivity index (χ4v) is 2.61. The fraction of sp³-hybridized carbons (Fsp3) is 0.647. The third kappa shape index (κ3) is 3.15. The Bertz CT molecular complexity index is 491. The van der Waals surface area contributed by atoms with Gasteiger partial charge in [-0.1, -0.05) is 53.7 Å². The van der Waals surface area contributed by atoms with Crippen LogP contribution in [0.15, 0.2) is 12.1 Å². The lowest BCUT2D eigenvalue weighted by atomic mass is 9.72. The summed E-state index contributed by atoms with van der Waals surface area (Å²) >= 11 is 3.03. The average molecular weight is 295 g/mol. The van der Waals surface area contributed by atoms with Gasteiger partial charge in [-0.25, -0.2) is 0 Å². The minimum atomic E-state index is 0.122. The van der Waals surface area contributed by atoms with Gasteiger partial charge in [-0.3, -0.25) is 5.14 Å². The van der Waals surface area contributed by atoms with Crippen molar-refractivity contribution in [1.29, 1.82) is 0 Å². The van der Waals surface area contributed by atoms with Crippen LogP contribution in [0.25, 0.3) is 0 Å². The van der Waals surface area contributed by atoms with Crippen molar-refractivity contribution in [2.75, 3.05) is 5.32 Å². The fourth-order valence-electron chi connectivity index (χ4n) is 2.61. The van der Waals surface area contributed by atoms with Gasteiger partial charge in [-0.2, -0.15) is 0 Å². The van der Waals surface area contributed by atoms with E-state index >= 15 is 0 Å². The van der Waals surface area contributed by atoms with E-state index in [9.17, 15) is 0 Å². The average Bonchev–Trinajstić information content (AvgIpc) is 2.27. The van der Waals surface area contributed by atoms with E-state index in [-0.39, 0.29) is 16.4 Å². The molecule has 1 aliphatic rings. The van der Waals surface area contributed by atoms with Crippen LogP contribution in [0.1, 0.15) is 72.1 Å². The normalized spacial score (nSPS) is 16.3. The van der Waals surface area contributed by atoms with Crippen molar-refractivity contribution < 1.29 is 0 Å². The van der Waals surface area contributed by atoms with E-state index in [0.29, 0.717) is 0 Å². The van der Waals surface area contributed by atoms with E-state index in [1.54, 1.807) is 0 Å². The third-order valence-corrected chi connectivity index (χ3v) is 3.92. The van der Waals surface area contributed by atoms with E-state index < -0.39 is 0 Å². The van der Waals surface area contributed by atoms with Gasteiger partial charge in [0.2, 0.25) is 0 Å². The van der Waals surface area contributed by atoms with Gasteiger partial charge < -0.3 is 5.32 Å². The minimum Gasteiger partial charge on any atom is -0.375 e. The lowest BCUT2D eigenvalue weighted by Crippen LogP contribution is -2.41. The number of hydrogen-bond donors (Lipinski definition) is 3. The highest BCUT2D eigenvalue weighted by atomic mass is 32.1. The first-order valence-electron chi connectivity index (χ1n) is 7.16. The van der Waals surface area contributed by atoms with Crippen LogP contribution in [-0.4, -0.2) is 0 Å². The van der Waals surface area contributed by atoms with Gasteiger partial charge in [0.1, 0.15) is 0 Å². The van der Waals surface area contributed by atoms with Gasteiger partial charge in [0.05, 0.1) is 5.54 Å². The van der Waals surface area contributed by atoms with Gasteiger partial charge in [0.15, 0.2) is 0 Å². The first kappa shape index (κ1) is 17.4. The topological polar surface area (TPSA) is 38.0 Å². The second-order valence-corrected chi connectivity index (χ2v) is 8.20. The predicted molar refractivity (Wildman–Crippen MR) is 93.7 cm³/mol. The molecule has 0 aliphatic carbocycles. The van der Waals surface area contributed by atoms with Gasteiger partial charge in [-0.15, -0.1) is 12.8 Å². The van der Waals surface area contributed by atoms with Crippen LogP contribution >= 0.6 is 12.8 Å². The predicted octanol–water partition coefficient (Wildman–Crippen LogP) is 4.73.